The van der Waals surface area contributed by atoms with Gasteiger partial charge >= 0.3 is 0 Å². The third-order valence-electron chi connectivity index (χ3n) is 4.72. The summed E-state index contributed by atoms with van der Waals surface area (Å²) in [6.07, 6.45) is 0.0467. The summed E-state index contributed by atoms with van der Waals surface area (Å²) < 4.78 is 18.6. The lowest BCUT2D eigenvalue weighted by molar-refractivity contribution is -0.134. The van der Waals surface area contributed by atoms with E-state index >= 15 is 0 Å². The molecule has 1 saturated heterocycles. The third kappa shape index (κ3) is 5.29. The molecule has 0 aliphatic carbocycles. The van der Waals surface area contributed by atoms with Crippen LogP contribution in [0.2, 0.25) is 0 Å². The molecule has 0 aromatic heterocycles. The van der Waals surface area contributed by atoms with Gasteiger partial charge in [-0.2, -0.15) is 0 Å². The molecule has 28 heavy (non-hydrogen) atoms. The number of benzene rings is 2. The Morgan fingerprint density at radius 2 is 2.04 bits per heavy atom. The molecular weight excluding hydrogens is 361 g/mol. The Balaban J connectivity index is 1.60. The first-order valence-electron chi connectivity index (χ1n) is 9.21. The number of carbonyl (C=O) groups excluding carboxylic acids is 2. The highest BCUT2D eigenvalue weighted by molar-refractivity contribution is 5.88. The Labute approximate surface area is 163 Å². The second-order valence-corrected chi connectivity index (χ2v) is 6.74. The SMILES string of the molecule is COc1cccc(CNC(=O)CC2C(=O)NCCN2Cc2cccc(F)c2)c1. The number of amides is 2. The molecule has 0 spiro atoms. The number of carbonyl (C=O) groups is 2. The van der Waals surface area contributed by atoms with Gasteiger partial charge in [0.15, 0.2) is 0 Å². The third-order valence-corrected chi connectivity index (χ3v) is 4.72. The number of rotatable bonds is 7. The summed E-state index contributed by atoms with van der Waals surface area (Å²) in [7, 11) is 1.59. The number of methoxy groups -OCH3 is 1. The minimum Gasteiger partial charge on any atom is -0.497 e. The van der Waals surface area contributed by atoms with Gasteiger partial charge in [-0.25, -0.2) is 4.39 Å². The van der Waals surface area contributed by atoms with E-state index in [9.17, 15) is 14.0 Å². The Morgan fingerprint density at radius 1 is 1.25 bits per heavy atom. The number of hydrogen-bond acceptors (Lipinski definition) is 4. The molecule has 2 aromatic carbocycles. The quantitative estimate of drug-likeness (QED) is 0.763. The van der Waals surface area contributed by atoms with E-state index in [1.165, 1.54) is 12.1 Å². The first-order valence-corrected chi connectivity index (χ1v) is 9.21. The first kappa shape index (κ1) is 19.8. The number of nitrogens with one attached hydrogen (secondary N) is 2. The van der Waals surface area contributed by atoms with E-state index in [1.807, 2.05) is 35.2 Å². The number of halogens is 1. The van der Waals surface area contributed by atoms with Crippen LogP contribution in [-0.2, 0) is 22.7 Å². The van der Waals surface area contributed by atoms with Crippen molar-refractivity contribution in [3.8, 4) is 5.75 Å². The van der Waals surface area contributed by atoms with Gasteiger partial charge in [-0.1, -0.05) is 24.3 Å². The van der Waals surface area contributed by atoms with Gasteiger partial charge in [-0.15, -0.1) is 0 Å². The standard InChI is InChI=1S/C21H24FN3O3/c1-28-18-7-3-4-15(11-18)13-24-20(26)12-19-21(27)23-8-9-25(19)14-16-5-2-6-17(22)10-16/h2-7,10-11,19H,8-9,12-14H2,1H3,(H,23,27)(H,24,26). The maximum absolute atomic E-state index is 13.5. The van der Waals surface area contributed by atoms with Gasteiger partial charge in [-0.3, -0.25) is 14.5 Å². The minimum absolute atomic E-state index is 0.0467. The van der Waals surface area contributed by atoms with Crippen LogP contribution in [0.1, 0.15) is 17.5 Å². The summed E-state index contributed by atoms with van der Waals surface area (Å²) in [5, 5.41) is 5.65. The maximum atomic E-state index is 13.5. The highest BCUT2D eigenvalue weighted by Crippen LogP contribution is 2.16. The average molecular weight is 385 g/mol. The van der Waals surface area contributed by atoms with E-state index in [4.69, 9.17) is 4.74 Å². The van der Waals surface area contributed by atoms with Gasteiger partial charge in [0.05, 0.1) is 19.6 Å². The highest BCUT2D eigenvalue weighted by atomic mass is 19.1. The van der Waals surface area contributed by atoms with E-state index in [0.717, 1.165) is 16.9 Å². The van der Waals surface area contributed by atoms with Crippen LogP contribution < -0.4 is 15.4 Å². The lowest BCUT2D eigenvalue weighted by Crippen LogP contribution is -2.56. The van der Waals surface area contributed by atoms with Crippen LogP contribution >= 0.6 is 0 Å². The fraction of sp³-hybridized carbons (Fsp3) is 0.333. The van der Waals surface area contributed by atoms with Crippen LogP contribution in [0.25, 0.3) is 0 Å². The number of hydrogen-bond donors (Lipinski definition) is 2. The summed E-state index contributed by atoms with van der Waals surface area (Å²) in [5.41, 5.74) is 1.69. The molecular formula is C21H24FN3O3. The molecule has 7 heteroatoms. The molecule has 2 amide bonds. The van der Waals surface area contributed by atoms with Crippen LogP contribution in [0.4, 0.5) is 4.39 Å². The molecule has 2 N–H and O–H groups in total. The Bertz CT molecular complexity index is 843. The second-order valence-electron chi connectivity index (χ2n) is 6.74. The maximum Gasteiger partial charge on any atom is 0.237 e. The minimum atomic E-state index is -0.581. The molecule has 1 aliphatic heterocycles. The number of piperazine rings is 1. The Hall–Kier alpha value is -2.93. The monoisotopic (exact) mass is 385 g/mol. The van der Waals surface area contributed by atoms with Crippen LogP contribution in [0.3, 0.4) is 0 Å². The first-order chi connectivity index (χ1) is 13.5. The van der Waals surface area contributed by atoms with Gasteiger partial charge in [0, 0.05) is 26.2 Å². The summed E-state index contributed by atoms with van der Waals surface area (Å²) in [4.78, 5) is 26.7. The summed E-state index contributed by atoms with van der Waals surface area (Å²) in [6, 6.07) is 13.2. The smallest absolute Gasteiger partial charge is 0.237 e. The van der Waals surface area contributed by atoms with Crippen molar-refractivity contribution in [2.24, 2.45) is 0 Å². The highest BCUT2D eigenvalue weighted by Gasteiger charge is 2.31. The number of ether oxygens (including phenoxy) is 1. The summed E-state index contributed by atoms with van der Waals surface area (Å²) in [6.45, 7) is 1.89. The topological polar surface area (TPSA) is 70.7 Å². The van der Waals surface area contributed by atoms with Crippen LogP contribution in [0, 0.1) is 5.82 Å². The van der Waals surface area contributed by atoms with Crippen molar-refractivity contribution >= 4 is 11.8 Å². The second kappa shape index (κ2) is 9.32. The lowest BCUT2D eigenvalue weighted by Gasteiger charge is -2.34. The molecule has 1 unspecified atom stereocenters. The van der Waals surface area contributed by atoms with E-state index in [1.54, 1.807) is 13.2 Å². The van der Waals surface area contributed by atoms with Crippen molar-refractivity contribution in [1.82, 2.24) is 15.5 Å². The van der Waals surface area contributed by atoms with Crippen LogP contribution in [-0.4, -0.2) is 43.0 Å². The normalized spacial score (nSPS) is 17.1. The zero-order chi connectivity index (χ0) is 19.9. The molecule has 0 radical (unpaired) electrons. The van der Waals surface area contributed by atoms with Crippen molar-refractivity contribution in [3.05, 3.63) is 65.5 Å². The van der Waals surface area contributed by atoms with Crippen molar-refractivity contribution in [2.45, 2.75) is 25.6 Å². The molecule has 6 nitrogen and oxygen atoms in total. The fourth-order valence-corrected chi connectivity index (χ4v) is 3.27. The Morgan fingerprint density at radius 3 is 2.82 bits per heavy atom. The van der Waals surface area contributed by atoms with E-state index < -0.39 is 6.04 Å². The lowest BCUT2D eigenvalue weighted by atomic mass is 10.1. The van der Waals surface area contributed by atoms with Crippen molar-refractivity contribution in [3.63, 3.8) is 0 Å². The Kier molecular flexibility index (Phi) is 6.60. The van der Waals surface area contributed by atoms with Crippen molar-refractivity contribution in [2.75, 3.05) is 20.2 Å². The van der Waals surface area contributed by atoms with Gasteiger partial charge in [0.25, 0.3) is 0 Å². The van der Waals surface area contributed by atoms with Gasteiger partial charge in [0.2, 0.25) is 11.8 Å². The van der Waals surface area contributed by atoms with Crippen molar-refractivity contribution in [1.29, 1.82) is 0 Å². The zero-order valence-corrected chi connectivity index (χ0v) is 15.8. The molecule has 2 aromatic rings. The van der Waals surface area contributed by atoms with E-state index in [-0.39, 0.29) is 24.1 Å². The van der Waals surface area contributed by atoms with Crippen molar-refractivity contribution < 1.29 is 18.7 Å². The molecule has 1 atom stereocenters. The molecule has 148 valence electrons. The van der Waals surface area contributed by atoms with Gasteiger partial charge in [0.1, 0.15) is 11.6 Å². The average Bonchev–Trinajstić information content (AvgIpc) is 2.69. The summed E-state index contributed by atoms with van der Waals surface area (Å²) >= 11 is 0. The molecule has 0 bridgehead atoms. The van der Waals surface area contributed by atoms with Gasteiger partial charge in [-0.05, 0) is 35.4 Å². The largest absolute Gasteiger partial charge is 0.497 e. The molecule has 1 aliphatic rings. The predicted molar refractivity (Wildman–Crippen MR) is 103 cm³/mol. The van der Waals surface area contributed by atoms with E-state index in [2.05, 4.69) is 10.6 Å². The molecule has 3 rings (SSSR count). The zero-order valence-electron chi connectivity index (χ0n) is 15.8. The molecule has 1 fully saturated rings. The van der Waals surface area contributed by atoms with Gasteiger partial charge < -0.3 is 15.4 Å². The summed E-state index contributed by atoms with van der Waals surface area (Å²) in [5.74, 6) is 0.0134. The van der Waals surface area contributed by atoms with Crippen LogP contribution in [0.15, 0.2) is 48.5 Å². The van der Waals surface area contributed by atoms with E-state index in [0.29, 0.717) is 26.2 Å². The number of nitrogens with zero attached hydrogens (tertiary/aromatic N) is 1. The fourth-order valence-electron chi connectivity index (χ4n) is 3.27. The molecule has 1 heterocycles. The van der Waals surface area contributed by atoms with Crippen LogP contribution in [0.5, 0.6) is 5.75 Å². The molecule has 0 saturated carbocycles. The predicted octanol–water partition coefficient (Wildman–Crippen LogP) is 1.84.